The molecule has 1 aliphatic heterocycles. The number of ether oxygens (including phenoxy) is 1. The van der Waals surface area contributed by atoms with Gasteiger partial charge in [0.15, 0.2) is 5.11 Å². The minimum absolute atomic E-state index is 0.241. The number of nitrogens with one attached hydrogen (secondary N) is 2. The van der Waals surface area contributed by atoms with Crippen molar-refractivity contribution in [2.24, 2.45) is 0 Å². The van der Waals surface area contributed by atoms with Crippen LogP contribution in [0.2, 0.25) is 0 Å². The summed E-state index contributed by atoms with van der Waals surface area (Å²) < 4.78 is 32.3. The van der Waals surface area contributed by atoms with Crippen molar-refractivity contribution in [1.29, 1.82) is 0 Å². The number of anilines is 2. The lowest BCUT2D eigenvalue weighted by atomic mass is 9.99. The topological polar surface area (TPSA) is 70.7 Å². The van der Waals surface area contributed by atoms with Crippen molar-refractivity contribution < 1.29 is 13.2 Å². The van der Waals surface area contributed by atoms with E-state index in [2.05, 4.69) is 36.6 Å². The molecular weight excluding hydrogens is 406 g/mol. The van der Waals surface area contributed by atoms with Gasteiger partial charge in [-0.1, -0.05) is 32.0 Å². The molecule has 0 radical (unpaired) electrons. The Kier molecular flexibility index (Phi) is 7.23. The lowest BCUT2D eigenvalue weighted by molar-refractivity contribution is 0.0730. The smallest absolute Gasteiger partial charge is 0.243 e. The number of hydrogen-bond acceptors (Lipinski definition) is 4. The fraction of sp³-hybridized carbons (Fsp3) is 0.381. The van der Waals surface area contributed by atoms with Crippen LogP contribution in [0.3, 0.4) is 0 Å². The average Bonchev–Trinajstić information content (AvgIpc) is 2.74. The predicted octanol–water partition coefficient (Wildman–Crippen LogP) is 4.03. The van der Waals surface area contributed by atoms with E-state index < -0.39 is 10.0 Å². The normalized spacial score (nSPS) is 16.2. The molecule has 1 aliphatic rings. The van der Waals surface area contributed by atoms with E-state index in [0.717, 1.165) is 12.1 Å². The summed E-state index contributed by atoms with van der Waals surface area (Å²) >= 11 is 5.39. The number of hydrogen-bond donors (Lipinski definition) is 2. The van der Waals surface area contributed by atoms with Gasteiger partial charge in [-0.15, -0.1) is 0 Å². The zero-order chi connectivity index (χ0) is 20.9. The minimum atomic E-state index is -3.55. The van der Waals surface area contributed by atoms with Crippen LogP contribution in [-0.2, 0) is 14.8 Å². The van der Waals surface area contributed by atoms with Crippen LogP contribution in [0.5, 0.6) is 0 Å². The van der Waals surface area contributed by atoms with Gasteiger partial charge in [0, 0.05) is 24.5 Å². The molecule has 0 aromatic heterocycles. The highest BCUT2D eigenvalue weighted by molar-refractivity contribution is 7.89. The molecule has 3 rings (SSSR count). The molecule has 29 heavy (non-hydrogen) atoms. The van der Waals surface area contributed by atoms with E-state index in [4.69, 9.17) is 17.0 Å². The SMILES string of the molecule is CCC(C)c1ccc(NC(=S)Nc2cccc(S(=O)(=O)N3CCOCC3)c2)cc1. The van der Waals surface area contributed by atoms with Crippen LogP contribution < -0.4 is 10.6 Å². The molecule has 1 heterocycles. The molecule has 1 unspecified atom stereocenters. The number of nitrogens with zero attached hydrogens (tertiary/aromatic N) is 1. The molecule has 0 bridgehead atoms. The third kappa shape index (κ3) is 5.54. The fourth-order valence-corrected chi connectivity index (χ4v) is 4.78. The second kappa shape index (κ2) is 9.67. The van der Waals surface area contributed by atoms with Crippen LogP contribution in [-0.4, -0.2) is 44.1 Å². The molecule has 0 aliphatic carbocycles. The van der Waals surface area contributed by atoms with Crippen LogP contribution in [0, 0.1) is 0 Å². The fourth-order valence-electron chi connectivity index (χ4n) is 3.09. The second-order valence-corrected chi connectivity index (χ2v) is 9.40. The lowest BCUT2D eigenvalue weighted by Gasteiger charge is -2.26. The zero-order valence-electron chi connectivity index (χ0n) is 16.7. The molecule has 0 amide bonds. The van der Waals surface area contributed by atoms with Crippen molar-refractivity contribution in [2.75, 3.05) is 36.9 Å². The Bertz CT molecular complexity index is 940. The van der Waals surface area contributed by atoms with Gasteiger partial charge in [-0.2, -0.15) is 4.31 Å². The van der Waals surface area contributed by atoms with Gasteiger partial charge in [-0.25, -0.2) is 8.42 Å². The number of benzene rings is 2. The summed E-state index contributed by atoms with van der Waals surface area (Å²) in [5, 5.41) is 6.61. The molecule has 0 spiro atoms. The Balaban J connectivity index is 1.66. The highest BCUT2D eigenvalue weighted by atomic mass is 32.2. The van der Waals surface area contributed by atoms with Gasteiger partial charge in [0.25, 0.3) is 0 Å². The van der Waals surface area contributed by atoms with Gasteiger partial charge in [-0.3, -0.25) is 0 Å². The molecule has 156 valence electrons. The van der Waals surface area contributed by atoms with Crippen LogP contribution in [0.25, 0.3) is 0 Å². The molecule has 2 aromatic carbocycles. The summed E-state index contributed by atoms with van der Waals surface area (Å²) in [6, 6.07) is 14.9. The molecule has 6 nitrogen and oxygen atoms in total. The molecule has 2 N–H and O–H groups in total. The van der Waals surface area contributed by atoms with Gasteiger partial charge in [0.2, 0.25) is 10.0 Å². The third-order valence-corrected chi connectivity index (χ3v) is 7.15. The maximum Gasteiger partial charge on any atom is 0.243 e. The molecule has 0 saturated carbocycles. The van der Waals surface area contributed by atoms with Crippen LogP contribution in [0.1, 0.15) is 31.7 Å². The molecule has 1 atom stereocenters. The van der Waals surface area contributed by atoms with Crippen molar-refractivity contribution in [1.82, 2.24) is 4.31 Å². The highest BCUT2D eigenvalue weighted by Crippen LogP contribution is 2.22. The first-order valence-corrected chi connectivity index (χ1v) is 11.6. The third-order valence-electron chi connectivity index (χ3n) is 5.05. The quantitative estimate of drug-likeness (QED) is 0.671. The van der Waals surface area contributed by atoms with Crippen molar-refractivity contribution in [3.05, 3.63) is 54.1 Å². The predicted molar refractivity (Wildman–Crippen MR) is 121 cm³/mol. The maximum atomic E-state index is 12.8. The van der Waals surface area contributed by atoms with E-state index in [1.165, 1.54) is 9.87 Å². The Labute approximate surface area is 178 Å². The van der Waals surface area contributed by atoms with E-state index in [1.54, 1.807) is 24.3 Å². The summed E-state index contributed by atoms with van der Waals surface area (Å²) in [7, 11) is -3.55. The molecule has 1 fully saturated rings. The van der Waals surface area contributed by atoms with Gasteiger partial charge in [0.1, 0.15) is 0 Å². The van der Waals surface area contributed by atoms with E-state index in [-0.39, 0.29) is 4.90 Å². The maximum absolute atomic E-state index is 12.8. The summed E-state index contributed by atoms with van der Waals surface area (Å²) in [4.78, 5) is 0.241. The second-order valence-electron chi connectivity index (χ2n) is 7.05. The van der Waals surface area contributed by atoms with Crippen molar-refractivity contribution in [2.45, 2.75) is 31.1 Å². The number of morpholine rings is 1. The molecular formula is C21H27N3O3S2. The van der Waals surface area contributed by atoms with Gasteiger partial charge < -0.3 is 15.4 Å². The first-order valence-electron chi connectivity index (χ1n) is 9.76. The lowest BCUT2D eigenvalue weighted by Crippen LogP contribution is -2.40. The van der Waals surface area contributed by atoms with Crippen molar-refractivity contribution >= 4 is 38.7 Å². The largest absolute Gasteiger partial charge is 0.379 e. The van der Waals surface area contributed by atoms with Crippen molar-refractivity contribution in [3.8, 4) is 0 Å². The Morgan fingerprint density at radius 2 is 1.76 bits per heavy atom. The Morgan fingerprint density at radius 3 is 2.41 bits per heavy atom. The molecule has 1 saturated heterocycles. The Morgan fingerprint density at radius 1 is 1.10 bits per heavy atom. The minimum Gasteiger partial charge on any atom is -0.379 e. The first-order chi connectivity index (χ1) is 13.9. The van der Waals surface area contributed by atoms with Crippen molar-refractivity contribution in [3.63, 3.8) is 0 Å². The summed E-state index contributed by atoms with van der Waals surface area (Å²) in [6.07, 6.45) is 1.09. The molecule has 2 aromatic rings. The first kappa shape index (κ1) is 21.7. The number of sulfonamides is 1. The van der Waals surface area contributed by atoms with E-state index in [1.807, 2.05) is 12.1 Å². The number of rotatable bonds is 6. The monoisotopic (exact) mass is 433 g/mol. The standard InChI is InChI=1S/C21H27N3O3S2/c1-3-16(2)17-7-9-18(10-8-17)22-21(28)23-19-5-4-6-20(15-19)29(25,26)24-11-13-27-14-12-24/h4-10,15-16H,3,11-14H2,1-2H3,(H2,22,23,28). The van der Waals surface area contributed by atoms with E-state index in [0.29, 0.717) is 43.0 Å². The summed E-state index contributed by atoms with van der Waals surface area (Å²) in [5.74, 6) is 0.519. The molecule has 8 heteroatoms. The summed E-state index contributed by atoms with van der Waals surface area (Å²) in [5.41, 5.74) is 2.79. The Hall–Kier alpha value is -2.00. The van der Waals surface area contributed by atoms with Gasteiger partial charge in [-0.05, 0) is 60.5 Å². The van der Waals surface area contributed by atoms with Crippen LogP contribution in [0.4, 0.5) is 11.4 Å². The van der Waals surface area contributed by atoms with Gasteiger partial charge in [0.05, 0.1) is 18.1 Å². The zero-order valence-corrected chi connectivity index (χ0v) is 18.4. The van der Waals surface area contributed by atoms with Crippen LogP contribution >= 0.6 is 12.2 Å². The highest BCUT2D eigenvalue weighted by Gasteiger charge is 2.26. The van der Waals surface area contributed by atoms with Gasteiger partial charge >= 0.3 is 0 Å². The summed E-state index contributed by atoms with van der Waals surface area (Å²) in [6.45, 7) is 5.94. The van der Waals surface area contributed by atoms with E-state index >= 15 is 0 Å². The van der Waals surface area contributed by atoms with Crippen LogP contribution in [0.15, 0.2) is 53.4 Å². The average molecular weight is 434 g/mol. The van der Waals surface area contributed by atoms with E-state index in [9.17, 15) is 8.42 Å². The number of thiocarbonyl (C=S) groups is 1.